The summed E-state index contributed by atoms with van der Waals surface area (Å²) in [7, 11) is 0. The van der Waals surface area contributed by atoms with E-state index in [9.17, 15) is 4.79 Å². The highest BCUT2D eigenvalue weighted by atomic mass is 16.5. The van der Waals surface area contributed by atoms with Gasteiger partial charge in [-0.25, -0.2) is 9.78 Å². The Bertz CT molecular complexity index is 695. The van der Waals surface area contributed by atoms with Gasteiger partial charge in [0.2, 0.25) is 0 Å². The van der Waals surface area contributed by atoms with Crippen molar-refractivity contribution in [3.8, 4) is 5.75 Å². The van der Waals surface area contributed by atoms with E-state index in [4.69, 9.17) is 4.74 Å². The average molecular weight is 343 g/mol. The molecule has 1 fully saturated rings. The monoisotopic (exact) mass is 343 g/mol. The van der Waals surface area contributed by atoms with Gasteiger partial charge in [0.25, 0.3) is 0 Å². The summed E-state index contributed by atoms with van der Waals surface area (Å²) < 4.78 is 7.78. The predicted molar refractivity (Wildman–Crippen MR) is 95.7 cm³/mol. The summed E-state index contributed by atoms with van der Waals surface area (Å²) in [6.45, 7) is 4.46. The van der Waals surface area contributed by atoms with Gasteiger partial charge in [-0.3, -0.25) is 4.68 Å². The van der Waals surface area contributed by atoms with Gasteiger partial charge in [-0.05, 0) is 51.7 Å². The normalized spacial score (nSPS) is 15.8. The first-order valence-electron chi connectivity index (χ1n) is 8.78. The van der Waals surface area contributed by atoms with E-state index in [-0.39, 0.29) is 12.1 Å². The van der Waals surface area contributed by atoms with Gasteiger partial charge in [0, 0.05) is 17.3 Å². The van der Waals surface area contributed by atoms with E-state index in [2.05, 4.69) is 20.7 Å². The number of urea groups is 1. The number of anilines is 1. The molecule has 1 heterocycles. The molecule has 2 aromatic rings. The Morgan fingerprint density at radius 3 is 2.92 bits per heavy atom. The van der Waals surface area contributed by atoms with Gasteiger partial charge < -0.3 is 15.4 Å². The van der Waals surface area contributed by atoms with Crippen LogP contribution in [0.3, 0.4) is 0 Å². The van der Waals surface area contributed by atoms with Crippen LogP contribution >= 0.6 is 0 Å². The summed E-state index contributed by atoms with van der Waals surface area (Å²) in [5.74, 6) is 0.848. The van der Waals surface area contributed by atoms with Crippen LogP contribution in [-0.2, 0) is 6.54 Å². The number of hydrogen-bond donors (Lipinski definition) is 2. The van der Waals surface area contributed by atoms with Gasteiger partial charge in [0.15, 0.2) is 0 Å². The molecular formula is C18H25N5O2. The predicted octanol–water partition coefficient (Wildman–Crippen LogP) is 3.12. The molecular weight excluding hydrogens is 318 g/mol. The highest BCUT2D eigenvalue weighted by Crippen LogP contribution is 2.30. The number of amides is 2. The zero-order valence-corrected chi connectivity index (χ0v) is 14.7. The first-order chi connectivity index (χ1) is 12.1. The van der Waals surface area contributed by atoms with Crippen molar-refractivity contribution in [1.82, 2.24) is 20.1 Å². The molecule has 134 valence electrons. The fourth-order valence-electron chi connectivity index (χ4n) is 3.10. The molecule has 0 radical (unpaired) electrons. The Morgan fingerprint density at radius 2 is 2.20 bits per heavy atom. The number of nitrogens with one attached hydrogen (secondary N) is 2. The summed E-state index contributed by atoms with van der Waals surface area (Å²) in [4.78, 5) is 16.1. The summed E-state index contributed by atoms with van der Waals surface area (Å²) in [6, 6.07) is 5.45. The van der Waals surface area contributed by atoms with Crippen molar-refractivity contribution in [2.24, 2.45) is 0 Å². The third kappa shape index (κ3) is 4.71. The maximum Gasteiger partial charge on any atom is 0.319 e. The molecule has 1 aliphatic carbocycles. The largest absolute Gasteiger partial charge is 0.490 e. The minimum absolute atomic E-state index is 0.0695. The maximum absolute atomic E-state index is 12.3. The second-order valence-corrected chi connectivity index (χ2v) is 6.57. The number of benzene rings is 1. The average Bonchev–Trinajstić information content (AvgIpc) is 3.25. The van der Waals surface area contributed by atoms with Crippen molar-refractivity contribution in [3.05, 3.63) is 36.4 Å². The third-order valence-corrected chi connectivity index (χ3v) is 4.43. The first kappa shape index (κ1) is 17.3. The Morgan fingerprint density at radius 1 is 1.40 bits per heavy atom. The smallest absolute Gasteiger partial charge is 0.319 e. The number of carbonyl (C=O) groups is 1. The number of rotatable bonds is 6. The zero-order chi connectivity index (χ0) is 17.6. The van der Waals surface area contributed by atoms with Gasteiger partial charge in [0.05, 0.1) is 12.6 Å². The molecule has 2 N–H and O–H groups in total. The highest BCUT2D eigenvalue weighted by Gasteiger charge is 2.18. The second kappa shape index (κ2) is 8.00. The topological polar surface area (TPSA) is 81.1 Å². The number of hydrogen-bond acceptors (Lipinski definition) is 4. The lowest BCUT2D eigenvalue weighted by Crippen LogP contribution is -2.38. The Kier molecular flexibility index (Phi) is 5.53. The molecule has 1 aromatic carbocycles. The van der Waals surface area contributed by atoms with Crippen LogP contribution < -0.4 is 15.4 Å². The highest BCUT2D eigenvalue weighted by molar-refractivity contribution is 5.90. The van der Waals surface area contributed by atoms with E-state index >= 15 is 0 Å². The molecule has 3 rings (SSSR count). The van der Waals surface area contributed by atoms with Crippen molar-refractivity contribution < 1.29 is 9.53 Å². The molecule has 0 bridgehead atoms. The van der Waals surface area contributed by atoms with Gasteiger partial charge >= 0.3 is 6.03 Å². The van der Waals surface area contributed by atoms with E-state index in [0.29, 0.717) is 12.6 Å². The van der Waals surface area contributed by atoms with E-state index in [1.807, 2.05) is 32.0 Å². The van der Waals surface area contributed by atoms with Gasteiger partial charge in [-0.1, -0.05) is 6.07 Å². The van der Waals surface area contributed by atoms with Crippen LogP contribution in [-0.4, -0.2) is 32.9 Å². The first-order valence-corrected chi connectivity index (χ1v) is 8.78. The fourth-order valence-corrected chi connectivity index (χ4v) is 3.10. The fraction of sp³-hybridized carbons (Fsp3) is 0.500. The molecule has 0 saturated heterocycles. The standard InChI is InChI=1S/C18H25N5O2/c1-13(10-23-12-19-11-20-23)21-18(24)22-16-8-5-9-17(14(16)2)25-15-6-3-4-7-15/h5,8-9,11-13,15H,3-4,6-7,10H2,1-2H3,(H2,21,22,24)/t13-/m0/s1. The van der Waals surface area contributed by atoms with Gasteiger partial charge in [-0.15, -0.1) is 0 Å². The quantitative estimate of drug-likeness (QED) is 0.844. The van der Waals surface area contributed by atoms with Crippen molar-refractivity contribution >= 4 is 11.7 Å². The number of aromatic nitrogens is 3. The van der Waals surface area contributed by atoms with Crippen LogP contribution in [0.25, 0.3) is 0 Å². The molecule has 0 aliphatic heterocycles. The van der Waals surface area contributed by atoms with Crippen LogP contribution in [0.15, 0.2) is 30.9 Å². The van der Waals surface area contributed by atoms with Gasteiger partial charge in [0.1, 0.15) is 18.4 Å². The van der Waals surface area contributed by atoms with E-state index in [1.165, 1.54) is 19.2 Å². The Balaban J connectivity index is 1.56. The lowest BCUT2D eigenvalue weighted by molar-refractivity contribution is 0.209. The molecule has 1 saturated carbocycles. The van der Waals surface area contributed by atoms with Gasteiger partial charge in [-0.2, -0.15) is 5.10 Å². The molecule has 1 aromatic heterocycles. The lowest BCUT2D eigenvalue weighted by Gasteiger charge is -2.18. The number of ether oxygens (including phenoxy) is 1. The maximum atomic E-state index is 12.3. The summed E-state index contributed by atoms with van der Waals surface area (Å²) in [5, 5.41) is 9.86. The molecule has 0 unspecified atom stereocenters. The molecule has 7 heteroatoms. The van der Waals surface area contributed by atoms with E-state index < -0.39 is 0 Å². The van der Waals surface area contributed by atoms with Crippen molar-refractivity contribution in [1.29, 1.82) is 0 Å². The number of carbonyl (C=O) groups excluding carboxylic acids is 1. The van der Waals surface area contributed by atoms with E-state index in [1.54, 1.807) is 11.0 Å². The minimum atomic E-state index is -0.242. The van der Waals surface area contributed by atoms with E-state index in [0.717, 1.165) is 29.8 Å². The lowest BCUT2D eigenvalue weighted by atomic mass is 10.1. The summed E-state index contributed by atoms with van der Waals surface area (Å²) >= 11 is 0. The molecule has 1 aliphatic rings. The van der Waals surface area contributed by atoms with Crippen LogP contribution in [0.1, 0.15) is 38.2 Å². The van der Waals surface area contributed by atoms with Crippen LogP contribution in [0, 0.1) is 6.92 Å². The summed E-state index contributed by atoms with van der Waals surface area (Å²) in [6.07, 6.45) is 8.08. The molecule has 25 heavy (non-hydrogen) atoms. The van der Waals surface area contributed by atoms with Crippen LogP contribution in [0.2, 0.25) is 0 Å². The van der Waals surface area contributed by atoms with Crippen molar-refractivity contribution in [2.45, 2.75) is 58.2 Å². The van der Waals surface area contributed by atoms with Crippen LogP contribution in [0.4, 0.5) is 10.5 Å². The van der Waals surface area contributed by atoms with Crippen molar-refractivity contribution in [3.63, 3.8) is 0 Å². The summed E-state index contributed by atoms with van der Waals surface area (Å²) in [5.41, 5.74) is 1.72. The molecule has 7 nitrogen and oxygen atoms in total. The SMILES string of the molecule is Cc1c(NC(=O)N[C@@H](C)Cn2cncn2)cccc1OC1CCCC1. The van der Waals surface area contributed by atoms with Crippen LogP contribution in [0.5, 0.6) is 5.75 Å². The zero-order valence-electron chi connectivity index (χ0n) is 14.7. The molecule has 1 atom stereocenters. The molecule has 0 spiro atoms. The second-order valence-electron chi connectivity index (χ2n) is 6.57. The van der Waals surface area contributed by atoms with Crippen molar-refractivity contribution in [2.75, 3.05) is 5.32 Å². The Labute approximate surface area is 147 Å². The molecule has 2 amide bonds. The minimum Gasteiger partial charge on any atom is -0.490 e. The third-order valence-electron chi connectivity index (χ3n) is 4.43. The number of nitrogens with zero attached hydrogens (tertiary/aromatic N) is 3. The Hall–Kier alpha value is -2.57.